The summed E-state index contributed by atoms with van der Waals surface area (Å²) in [5.41, 5.74) is 2.80. The lowest BCUT2D eigenvalue weighted by Crippen LogP contribution is -2.13. The van der Waals surface area contributed by atoms with E-state index in [1.165, 1.54) is 17.5 Å². The topological polar surface area (TPSA) is 75.1 Å². The van der Waals surface area contributed by atoms with Crippen LogP contribution < -0.4 is 5.32 Å². The third-order valence-corrected chi connectivity index (χ3v) is 4.56. The smallest absolute Gasteiger partial charge is 0.267 e. The van der Waals surface area contributed by atoms with E-state index < -0.39 is 0 Å². The highest BCUT2D eigenvalue weighted by atomic mass is 32.1. The average Bonchev–Trinajstić information content (AvgIpc) is 2.98. The molecule has 0 aliphatic rings. The lowest BCUT2D eigenvalue weighted by Gasteiger charge is -2.07. The molecule has 1 aromatic carbocycles. The summed E-state index contributed by atoms with van der Waals surface area (Å²) in [6, 6.07) is 11.4. The van der Waals surface area contributed by atoms with Crippen LogP contribution in [0.3, 0.4) is 0 Å². The first kappa shape index (κ1) is 15.3. The van der Waals surface area contributed by atoms with Crippen molar-refractivity contribution in [2.75, 3.05) is 5.32 Å². The number of hydrogen-bond donors (Lipinski definition) is 2. The van der Waals surface area contributed by atoms with Crippen molar-refractivity contribution in [1.29, 1.82) is 0 Å². The summed E-state index contributed by atoms with van der Waals surface area (Å²) in [4.78, 5) is 21.5. The molecular formula is C17H15N3O2S. The zero-order chi connectivity index (χ0) is 16.2. The highest BCUT2D eigenvalue weighted by Crippen LogP contribution is 2.28. The molecule has 5 nitrogen and oxygen atoms in total. The van der Waals surface area contributed by atoms with E-state index in [-0.39, 0.29) is 12.5 Å². The molecule has 0 fully saturated rings. The average molecular weight is 325 g/mol. The van der Waals surface area contributed by atoms with Crippen molar-refractivity contribution in [3.63, 3.8) is 0 Å². The van der Waals surface area contributed by atoms with Crippen LogP contribution in [0.15, 0.2) is 48.8 Å². The van der Waals surface area contributed by atoms with Gasteiger partial charge in [0.1, 0.15) is 9.88 Å². The molecule has 23 heavy (non-hydrogen) atoms. The molecule has 0 saturated heterocycles. The van der Waals surface area contributed by atoms with E-state index in [1.54, 1.807) is 12.3 Å². The van der Waals surface area contributed by atoms with Gasteiger partial charge < -0.3 is 10.4 Å². The number of aryl methyl sites for hydroxylation is 1. The molecule has 0 spiro atoms. The van der Waals surface area contributed by atoms with Crippen molar-refractivity contribution in [2.45, 2.75) is 13.5 Å². The highest BCUT2D eigenvalue weighted by Gasteiger charge is 2.17. The van der Waals surface area contributed by atoms with Gasteiger partial charge in [-0.3, -0.25) is 9.78 Å². The van der Waals surface area contributed by atoms with Gasteiger partial charge in [0.05, 0.1) is 24.2 Å². The molecule has 0 atom stereocenters. The van der Waals surface area contributed by atoms with Crippen molar-refractivity contribution >= 4 is 22.9 Å². The van der Waals surface area contributed by atoms with Gasteiger partial charge in [-0.25, -0.2) is 4.98 Å². The van der Waals surface area contributed by atoms with Crippen molar-refractivity contribution in [3.8, 4) is 10.6 Å². The number of hydrogen-bond acceptors (Lipinski definition) is 5. The number of aromatic nitrogens is 2. The Kier molecular flexibility index (Phi) is 4.45. The number of amides is 1. The maximum Gasteiger partial charge on any atom is 0.267 e. The lowest BCUT2D eigenvalue weighted by molar-refractivity contribution is 0.102. The van der Waals surface area contributed by atoms with Crippen molar-refractivity contribution in [1.82, 2.24) is 9.97 Å². The first-order valence-electron chi connectivity index (χ1n) is 7.07. The molecule has 1 amide bonds. The molecule has 2 N–H and O–H groups in total. The molecule has 0 unspecified atom stereocenters. The maximum atomic E-state index is 12.5. The van der Waals surface area contributed by atoms with Crippen LogP contribution in [-0.2, 0) is 6.61 Å². The van der Waals surface area contributed by atoms with E-state index in [1.807, 2.05) is 37.3 Å². The van der Waals surface area contributed by atoms with Crippen LogP contribution in [0.1, 0.15) is 20.9 Å². The molecular weight excluding hydrogens is 310 g/mol. The molecule has 116 valence electrons. The Hall–Kier alpha value is -2.57. The molecule has 0 bridgehead atoms. The van der Waals surface area contributed by atoms with E-state index in [9.17, 15) is 9.90 Å². The number of rotatable bonds is 4. The largest absolute Gasteiger partial charge is 0.392 e. The maximum absolute atomic E-state index is 12.5. The standard InChI is InChI=1S/C17H15N3O2S/c1-11-15(23-17(19-11)12-5-3-2-4-6-12)16(22)20-14-9-18-8-7-13(14)10-21/h2-9,21H,10H2,1H3,(H,20,22). The summed E-state index contributed by atoms with van der Waals surface area (Å²) in [6.07, 6.45) is 3.10. The van der Waals surface area contributed by atoms with Crippen molar-refractivity contribution < 1.29 is 9.90 Å². The van der Waals surface area contributed by atoms with Gasteiger partial charge in [0.25, 0.3) is 5.91 Å². The van der Waals surface area contributed by atoms with Gasteiger partial charge in [0.15, 0.2) is 0 Å². The van der Waals surface area contributed by atoms with Crippen molar-refractivity contribution in [3.05, 3.63) is 64.9 Å². The van der Waals surface area contributed by atoms with Crippen LogP contribution in [-0.4, -0.2) is 21.0 Å². The summed E-state index contributed by atoms with van der Waals surface area (Å²) in [7, 11) is 0. The predicted molar refractivity (Wildman–Crippen MR) is 90.4 cm³/mol. The third-order valence-electron chi connectivity index (χ3n) is 3.35. The van der Waals surface area contributed by atoms with Crippen LogP contribution in [0.2, 0.25) is 0 Å². The summed E-state index contributed by atoms with van der Waals surface area (Å²) >= 11 is 1.35. The monoisotopic (exact) mass is 325 g/mol. The number of aliphatic hydroxyl groups excluding tert-OH is 1. The fourth-order valence-corrected chi connectivity index (χ4v) is 3.13. The van der Waals surface area contributed by atoms with Crippen LogP contribution in [0, 0.1) is 6.92 Å². The number of thiazole rings is 1. The minimum Gasteiger partial charge on any atom is -0.392 e. The Morgan fingerprint density at radius 2 is 2.04 bits per heavy atom. The summed E-state index contributed by atoms with van der Waals surface area (Å²) < 4.78 is 0. The number of nitrogens with one attached hydrogen (secondary N) is 1. The quantitative estimate of drug-likeness (QED) is 0.772. The lowest BCUT2D eigenvalue weighted by atomic mass is 10.2. The molecule has 0 aliphatic carbocycles. The van der Waals surface area contributed by atoms with Crippen LogP contribution in [0.5, 0.6) is 0 Å². The van der Waals surface area contributed by atoms with Gasteiger partial charge in [-0.2, -0.15) is 0 Å². The first-order chi connectivity index (χ1) is 11.2. The zero-order valence-electron chi connectivity index (χ0n) is 12.5. The third kappa shape index (κ3) is 3.28. The molecule has 2 heterocycles. The Bertz CT molecular complexity index is 831. The number of aliphatic hydroxyl groups is 1. The van der Waals surface area contributed by atoms with E-state index in [0.29, 0.717) is 21.8 Å². The predicted octanol–water partition coefficient (Wildman–Crippen LogP) is 3.26. The minimum atomic E-state index is -0.245. The zero-order valence-corrected chi connectivity index (χ0v) is 13.3. The highest BCUT2D eigenvalue weighted by molar-refractivity contribution is 7.17. The van der Waals surface area contributed by atoms with E-state index >= 15 is 0 Å². The van der Waals surface area contributed by atoms with E-state index in [4.69, 9.17) is 0 Å². The number of carbonyl (C=O) groups is 1. The second kappa shape index (κ2) is 6.68. The molecule has 3 aromatic rings. The second-order valence-corrected chi connectivity index (χ2v) is 5.94. The first-order valence-corrected chi connectivity index (χ1v) is 7.88. The molecule has 0 radical (unpaired) electrons. The van der Waals surface area contributed by atoms with Gasteiger partial charge in [-0.15, -0.1) is 11.3 Å². The van der Waals surface area contributed by atoms with Gasteiger partial charge in [0.2, 0.25) is 0 Å². The number of nitrogens with zero attached hydrogens (tertiary/aromatic N) is 2. The number of pyridine rings is 1. The summed E-state index contributed by atoms with van der Waals surface area (Å²) in [5, 5.41) is 12.9. The van der Waals surface area contributed by atoms with Crippen LogP contribution >= 0.6 is 11.3 Å². The number of benzene rings is 1. The minimum absolute atomic E-state index is 0.158. The van der Waals surface area contributed by atoms with Gasteiger partial charge >= 0.3 is 0 Å². The SMILES string of the molecule is Cc1nc(-c2ccccc2)sc1C(=O)Nc1cnccc1CO. The van der Waals surface area contributed by atoms with Crippen LogP contribution in [0.4, 0.5) is 5.69 Å². The fourth-order valence-electron chi connectivity index (χ4n) is 2.16. The number of anilines is 1. The van der Waals surface area contributed by atoms with E-state index in [2.05, 4.69) is 15.3 Å². The number of carbonyl (C=O) groups excluding carboxylic acids is 1. The molecule has 6 heteroatoms. The summed E-state index contributed by atoms with van der Waals surface area (Å²) in [6.45, 7) is 1.66. The Morgan fingerprint density at radius 3 is 2.78 bits per heavy atom. The second-order valence-electron chi connectivity index (χ2n) is 4.94. The van der Waals surface area contributed by atoms with Gasteiger partial charge in [-0.05, 0) is 13.0 Å². The normalized spacial score (nSPS) is 10.5. The Balaban J connectivity index is 1.87. The van der Waals surface area contributed by atoms with E-state index in [0.717, 1.165) is 10.6 Å². The molecule has 0 aliphatic heterocycles. The van der Waals surface area contributed by atoms with Crippen LogP contribution in [0.25, 0.3) is 10.6 Å². The fraction of sp³-hybridized carbons (Fsp3) is 0.118. The summed E-state index contributed by atoms with van der Waals surface area (Å²) in [5.74, 6) is -0.245. The van der Waals surface area contributed by atoms with Crippen molar-refractivity contribution in [2.24, 2.45) is 0 Å². The van der Waals surface area contributed by atoms with Gasteiger partial charge in [-0.1, -0.05) is 30.3 Å². The van der Waals surface area contributed by atoms with Gasteiger partial charge in [0, 0.05) is 17.3 Å². The Labute approximate surface area is 137 Å². The molecule has 3 rings (SSSR count). The molecule has 0 saturated carbocycles. The Morgan fingerprint density at radius 1 is 1.26 bits per heavy atom. The molecule has 2 aromatic heterocycles.